The molecule has 0 fully saturated rings. The third-order valence-electron chi connectivity index (χ3n) is 4.92. The van der Waals surface area contributed by atoms with E-state index in [1.165, 1.54) is 27.7 Å². The van der Waals surface area contributed by atoms with Crippen LogP contribution in [0.3, 0.4) is 0 Å². The van der Waals surface area contributed by atoms with Crippen LogP contribution < -0.4 is 0 Å². The Kier molecular flexibility index (Phi) is 8.09. The number of hydrogen-bond donors (Lipinski definition) is 0. The first kappa shape index (κ1) is 22.8. The lowest BCUT2D eigenvalue weighted by Gasteiger charge is -2.11. The molecule has 0 saturated heterocycles. The largest absolute Gasteiger partial charge is 0.299 e. The lowest BCUT2D eigenvalue weighted by atomic mass is 9.93. The molecule has 0 heterocycles. The predicted molar refractivity (Wildman–Crippen MR) is 114 cm³/mol. The molecule has 0 N–H and O–H groups in total. The highest BCUT2D eigenvalue weighted by atomic mass is 32.2. The Bertz CT molecular complexity index is 794. The maximum absolute atomic E-state index is 11.6. The molecule has 0 saturated carbocycles. The first-order chi connectivity index (χ1) is 13.7. The maximum Gasteiger partial charge on any atom is 0.140 e. The van der Waals surface area contributed by atoms with Crippen LogP contribution in [0, 0.1) is 11.8 Å². The van der Waals surface area contributed by atoms with E-state index in [0.717, 1.165) is 20.9 Å². The summed E-state index contributed by atoms with van der Waals surface area (Å²) in [6.45, 7) is 5.81. The zero-order valence-corrected chi connectivity index (χ0v) is 18.0. The second-order valence-corrected chi connectivity index (χ2v) is 8.49. The molecule has 0 aliphatic rings. The van der Waals surface area contributed by atoms with Crippen molar-refractivity contribution in [1.82, 2.24) is 0 Å². The molecule has 5 heteroatoms. The summed E-state index contributed by atoms with van der Waals surface area (Å²) in [7, 11) is 0. The van der Waals surface area contributed by atoms with Crippen molar-refractivity contribution < 1.29 is 19.2 Å². The quantitative estimate of drug-likeness (QED) is 0.539. The van der Waals surface area contributed by atoms with Crippen molar-refractivity contribution in [1.29, 1.82) is 0 Å². The van der Waals surface area contributed by atoms with Gasteiger partial charge in [-0.3, -0.25) is 19.2 Å². The highest BCUT2D eigenvalue weighted by Gasteiger charge is 2.20. The van der Waals surface area contributed by atoms with Gasteiger partial charge in [0, 0.05) is 9.79 Å². The Morgan fingerprint density at radius 2 is 0.862 bits per heavy atom. The molecule has 0 aliphatic heterocycles. The number of Topliss-reactive ketones (excluding diaryl/α,β-unsaturated/α-hetero) is 4. The monoisotopic (exact) mass is 410 g/mol. The van der Waals surface area contributed by atoms with Crippen LogP contribution in [-0.4, -0.2) is 23.1 Å². The van der Waals surface area contributed by atoms with Crippen molar-refractivity contribution in [3.63, 3.8) is 0 Å². The Labute approximate surface area is 176 Å². The Balaban J connectivity index is 2.01. The van der Waals surface area contributed by atoms with Gasteiger partial charge in [-0.15, -0.1) is 0 Å². The van der Waals surface area contributed by atoms with Crippen LogP contribution in [-0.2, 0) is 32.0 Å². The molecule has 0 unspecified atom stereocenters. The predicted octanol–water partition coefficient (Wildman–Crippen LogP) is 4.51. The van der Waals surface area contributed by atoms with Gasteiger partial charge in [0.05, 0.1) is 11.8 Å². The number of ketones is 4. The van der Waals surface area contributed by atoms with E-state index in [0.29, 0.717) is 12.8 Å². The molecule has 0 spiro atoms. The molecule has 0 atom stereocenters. The minimum atomic E-state index is -0.574. The molecule has 0 aliphatic carbocycles. The SMILES string of the molecule is CC(=O)C(Cc1ccc(Sc2ccc(CC(C(C)=O)C(C)=O)cc2)cc1)C(C)=O. The third-order valence-corrected chi connectivity index (χ3v) is 5.94. The molecule has 0 radical (unpaired) electrons. The van der Waals surface area contributed by atoms with E-state index >= 15 is 0 Å². The summed E-state index contributed by atoms with van der Waals surface area (Å²) in [6.07, 6.45) is 0.857. The van der Waals surface area contributed by atoms with Gasteiger partial charge in [-0.05, 0) is 75.9 Å². The zero-order valence-electron chi connectivity index (χ0n) is 17.2. The fraction of sp³-hybridized carbons (Fsp3) is 0.333. The average molecular weight is 411 g/mol. The van der Waals surface area contributed by atoms with Crippen molar-refractivity contribution in [2.45, 2.75) is 50.3 Å². The molecule has 2 rings (SSSR count). The summed E-state index contributed by atoms with van der Waals surface area (Å²) in [6, 6.07) is 15.7. The summed E-state index contributed by atoms with van der Waals surface area (Å²) < 4.78 is 0. The van der Waals surface area contributed by atoms with Gasteiger partial charge in [-0.2, -0.15) is 0 Å². The summed E-state index contributed by atoms with van der Waals surface area (Å²) in [5, 5.41) is 0. The lowest BCUT2D eigenvalue weighted by molar-refractivity contribution is -0.131. The van der Waals surface area contributed by atoms with E-state index in [2.05, 4.69) is 0 Å². The molecular weight excluding hydrogens is 384 g/mol. The molecule has 0 bridgehead atoms. The van der Waals surface area contributed by atoms with Crippen LogP contribution in [0.1, 0.15) is 38.8 Å². The minimum absolute atomic E-state index is 0.104. The Hall–Kier alpha value is -2.53. The molecular formula is C24H26O4S. The highest BCUT2D eigenvalue weighted by molar-refractivity contribution is 7.99. The smallest absolute Gasteiger partial charge is 0.140 e. The summed E-state index contributed by atoms with van der Waals surface area (Å²) in [5.74, 6) is -1.56. The van der Waals surface area contributed by atoms with Crippen LogP contribution in [0.5, 0.6) is 0 Å². The molecule has 29 heavy (non-hydrogen) atoms. The molecule has 0 amide bonds. The highest BCUT2D eigenvalue weighted by Crippen LogP contribution is 2.29. The van der Waals surface area contributed by atoms with E-state index in [4.69, 9.17) is 0 Å². The van der Waals surface area contributed by atoms with E-state index in [-0.39, 0.29) is 23.1 Å². The molecule has 0 aromatic heterocycles. The standard InChI is InChI=1S/C24H26O4S/c1-15(25)23(16(2)26)13-19-5-9-21(10-6-19)29-22-11-7-20(8-12-22)14-24(17(3)27)18(4)28/h5-12,23-24H,13-14H2,1-4H3. The van der Waals surface area contributed by atoms with Gasteiger partial charge in [0.1, 0.15) is 23.1 Å². The van der Waals surface area contributed by atoms with Crippen LogP contribution in [0.15, 0.2) is 58.3 Å². The number of benzene rings is 2. The number of carbonyl (C=O) groups is 4. The number of carbonyl (C=O) groups excluding carboxylic acids is 4. The second-order valence-electron chi connectivity index (χ2n) is 7.35. The van der Waals surface area contributed by atoms with Crippen molar-refractivity contribution in [2.75, 3.05) is 0 Å². The third kappa shape index (κ3) is 6.79. The fourth-order valence-corrected chi connectivity index (χ4v) is 3.96. The number of hydrogen-bond acceptors (Lipinski definition) is 5. The number of rotatable bonds is 10. The topological polar surface area (TPSA) is 68.3 Å². The summed E-state index contributed by atoms with van der Waals surface area (Å²) in [4.78, 5) is 48.5. The van der Waals surface area contributed by atoms with E-state index in [1.54, 1.807) is 11.8 Å². The minimum Gasteiger partial charge on any atom is -0.299 e. The summed E-state index contributed by atoms with van der Waals surface area (Å²) in [5.41, 5.74) is 1.92. The van der Waals surface area contributed by atoms with Crippen molar-refractivity contribution in [3.05, 3.63) is 59.7 Å². The fourth-order valence-electron chi connectivity index (χ4n) is 3.14. The van der Waals surface area contributed by atoms with Gasteiger partial charge < -0.3 is 0 Å². The van der Waals surface area contributed by atoms with Crippen molar-refractivity contribution in [3.8, 4) is 0 Å². The van der Waals surface area contributed by atoms with Crippen molar-refractivity contribution in [2.24, 2.45) is 11.8 Å². The average Bonchev–Trinajstić information content (AvgIpc) is 2.65. The Morgan fingerprint density at radius 3 is 1.10 bits per heavy atom. The second kappa shape index (κ2) is 10.3. The van der Waals surface area contributed by atoms with Crippen molar-refractivity contribution >= 4 is 34.9 Å². The van der Waals surface area contributed by atoms with Gasteiger partial charge in [-0.25, -0.2) is 0 Å². The van der Waals surface area contributed by atoms with Crippen LogP contribution in [0.4, 0.5) is 0 Å². The first-order valence-corrected chi connectivity index (χ1v) is 10.4. The van der Waals surface area contributed by atoms with E-state index in [1.807, 2.05) is 48.5 Å². The van der Waals surface area contributed by atoms with Gasteiger partial charge >= 0.3 is 0 Å². The summed E-state index contributed by atoms with van der Waals surface area (Å²) >= 11 is 1.60. The first-order valence-electron chi connectivity index (χ1n) is 9.55. The van der Waals surface area contributed by atoms with Gasteiger partial charge in [-0.1, -0.05) is 36.0 Å². The van der Waals surface area contributed by atoms with Crippen LogP contribution in [0.2, 0.25) is 0 Å². The molecule has 4 nitrogen and oxygen atoms in total. The van der Waals surface area contributed by atoms with E-state index < -0.39 is 11.8 Å². The lowest BCUT2D eigenvalue weighted by Crippen LogP contribution is -2.21. The molecule has 2 aromatic rings. The molecule has 152 valence electrons. The van der Waals surface area contributed by atoms with Gasteiger partial charge in [0.15, 0.2) is 0 Å². The normalized spacial score (nSPS) is 11.0. The van der Waals surface area contributed by atoms with Crippen LogP contribution in [0.25, 0.3) is 0 Å². The van der Waals surface area contributed by atoms with Crippen LogP contribution >= 0.6 is 11.8 Å². The molecule has 2 aromatic carbocycles. The van der Waals surface area contributed by atoms with E-state index in [9.17, 15) is 19.2 Å². The van der Waals surface area contributed by atoms with Gasteiger partial charge in [0.2, 0.25) is 0 Å². The maximum atomic E-state index is 11.6. The zero-order chi connectivity index (χ0) is 21.6. The Morgan fingerprint density at radius 1 is 0.586 bits per heavy atom. The van der Waals surface area contributed by atoms with Gasteiger partial charge in [0.25, 0.3) is 0 Å².